The van der Waals surface area contributed by atoms with Gasteiger partial charge in [0.05, 0.1) is 5.69 Å². The van der Waals surface area contributed by atoms with Crippen LogP contribution in [0, 0.1) is 19.7 Å². The van der Waals surface area contributed by atoms with Gasteiger partial charge in [-0.1, -0.05) is 18.2 Å². The Morgan fingerprint density at radius 1 is 1.14 bits per heavy atom. The average molecular weight is 286 g/mol. The topological polar surface area (TPSA) is 55.1 Å². The van der Waals surface area contributed by atoms with Crippen molar-refractivity contribution in [3.8, 4) is 0 Å². The number of primary amides is 1. The Kier molecular flexibility index (Phi) is 4.26. The molecular formula is C17H19FN2O. The maximum absolute atomic E-state index is 13.8. The van der Waals surface area contributed by atoms with E-state index in [0.29, 0.717) is 0 Å². The summed E-state index contributed by atoms with van der Waals surface area (Å²) >= 11 is 0. The van der Waals surface area contributed by atoms with Gasteiger partial charge in [-0.15, -0.1) is 0 Å². The van der Waals surface area contributed by atoms with Gasteiger partial charge in [0.1, 0.15) is 5.82 Å². The molecule has 2 aromatic carbocycles. The Bertz CT molecular complexity index is 682. The Morgan fingerprint density at radius 2 is 1.86 bits per heavy atom. The van der Waals surface area contributed by atoms with Crippen LogP contribution in [0.2, 0.25) is 0 Å². The number of anilines is 1. The van der Waals surface area contributed by atoms with Crippen LogP contribution in [0.3, 0.4) is 0 Å². The van der Waals surface area contributed by atoms with Crippen molar-refractivity contribution in [3.63, 3.8) is 0 Å². The molecule has 110 valence electrons. The predicted octanol–water partition coefficient (Wildman–Crippen LogP) is 3.71. The summed E-state index contributed by atoms with van der Waals surface area (Å²) in [4.78, 5) is 11.2. The largest absolute Gasteiger partial charge is 0.376 e. The molecule has 0 bridgehead atoms. The molecule has 21 heavy (non-hydrogen) atoms. The van der Waals surface area contributed by atoms with Crippen molar-refractivity contribution in [2.24, 2.45) is 5.73 Å². The lowest BCUT2D eigenvalue weighted by molar-refractivity contribution is 0.100. The predicted molar refractivity (Wildman–Crippen MR) is 82.9 cm³/mol. The van der Waals surface area contributed by atoms with Gasteiger partial charge in [-0.25, -0.2) is 4.39 Å². The summed E-state index contributed by atoms with van der Waals surface area (Å²) in [5.41, 5.74) is 9.24. The Balaban J connectivity index is 2.26. The summed E-state index contributed by atoms with van der Waals surface area (Å²) in [7, 11) is 0. The molecule has 2 rings (SSSR count). The molecule has 3 nitrogen and oxygen atoms in total. The number of carbonyl (C=O) groups excluding carboxylic acids is 1. The molecule has 0 spiro atoms. The standard InChI is InChI=1S/C17H19FN2O/c1-10-4-5-13(8-11(10)2)12(3)20-16-9-14(17(19)21)6-7-15(16)18/h4-9,12,20H,1-3H3,(H2,19,21). The van der Waals surface area contributed by atoms with Crippen molar-refractivity contribution in [3.05, 3.63) is 64.5 Å². The molecule has 0 aliphatic carbocycles. The molecule has 3 N–H and O–H groups in total. The van der Waals surface area contributed by atoms with E-state index in [9.17, 15) is 9.18 Å². The van der Waals surface area contributed by atoms with Gasteiger partial charge in [0.25, 0.3) is 0 Å². The summed E-state index contributed by atoms with van der Waals surface area (Å²) in [5, 5.41) is 3.09. The van der Waals surface area contributed by atoms with E-state index in [2.05, 4.69) is 11.4 Å². The monoisotopic (exact) mass is 286 g/mol. The molecule has 1 atom stereocenters. The van der Waals surface area contributed by atoms with Gasteiger partial charge in [0, 0.05) is 11.6 Å². The number of carbonyl (C=O) groups is 1. The maximum atomic E-state index is 13.8. The second-order valence-electron chi connectivity index (χ2n) is 5.27. The molecule has 0 aliphatic heterocycles. The van der Waals surface area contributed by atoms with E-state index in [1.165, 1.54) is 29.3 Å². The van der Waals surface area contributed by atoms with Gasteiger partial charge in [0.15, 0.2) is 0 Å². The fraction of sp³-hybridized carbons (Fsp3) is 0.235. The van der Waals surface area contributed by atoms with Crippen LogP contribution in [0.5, 0.6) is 0 Å². The number of hydrogen-bond acceptors (Lipinski definition) is 2. The number of hydrogen-bond donors (Lipinski definition) is 2. The van der Waals surface area contributed by atoms with Crippen LogP contribution in [-0.4, -0.2) is 5.91 Å². The van der Waals surface area contributed by atoms with E-state index in [1.807, 2.05) is 32.9 Å². The quantitative estimate of drug-likeness (QED) is 0.900. The van der Waals surface area contributed by atoms with Gasteiger partial charge in [-0.05, 0) is 55.7 Å². The Labute approximate surface area is 124 Å². The number of aryl methyl sites for hydroxylation is 2. The lowest BCUT2D eigenvalue weighted by Gasteiger charge is -2.18. The fourth-order valence-electron chi connectivity index (χ4n) is 2.14. The van der Waals surface area contributed by atoms with E-state index in [-0.39, 0.29) is 17.3 Å². The zero-order valence-electron chi connectivity index (χ0n) is 12.4. The summed E-state index contributed by atoms with van der Waals surface area (Å²) in [6.07, 6.45) is 0. The highest BCUT2D eigenvalue weighted by molar-refractivity contribution is 5.93. The van der Waals surface area contributed by atoms with Crippen molar-refractivity contribution in [1.82, 2.24) is 0 Å². The van der Waals surface area contributed by atoms with Crippen molar-refractivity contribution >= 4 is 11.6 Å². The molecule has 4 heteroatoms. The summed E-state index contributed by atoms with van der Waals surface area (Å²) in [6, 6.07) is 10.1. The van der Waals surface area contributed by atoms with Crippen molar-refractivity contribution in [2.45, 2.75) is 26.8 Å². The lowest BCUT2D eigenvalue weighted by atomic mass is 10.0. The van der Waals surface area contributed by atoms with Gasteiger partial charge >= 0.3 is 0 Å². The summed E-state index contributed by atoms with van der Waals surface area (Å²) in [6.45, 7) is 6.04. The first-order chi connectivity index (χ1) is 9.88. The second-order valence-corrected chi connectivity index (χ2v) is 5.27. The third-order valence-corrected chi connectivity index (χ3v) is 3.65. The van der Waals surface area contributed by atoms with Crippen molar-refractivity contribution in [1.29, 1.82) is 0 Å². The third-order valence-electron chi connectivity index (χ3n) is 3.65. The normalized spacial score (nSPS) is 12.0. The lowest BCUT2D eigenvalue weighted by Crippen LogP contribution is -2.13. The highest BCUT2D eigenvalue weighted by Crippen LogP contribution is 2.24. The highest BCUT2D eigenvalue weighted by atomic mass is 19.1. The van der Waals surface area contributed by atoms with E-state index in [0.717, 1.165) is 5.56 Å². The smallest absolute Gasteiger partial charge is 0.248 e. The van der Waals surface area contributed by atoms with E-state index in [4.69, 9.17) is 5.73 Å². The minimum Gasteiger partial charge on any atom is -0.376 e. The van der Waals surface area contributed by atoms with E-state index in [1.54, 1.807) is 0 Å². The van der Waals surface area contributed by atoms with Crippen LogP contribution in [0.4, 0.5) is 10.1 Å². The van der Waals surface area contributed by atoms with Crippen LogP contribution in [0.1, 0.15) is 40.0 Å². The molecule has 0 aromatic heterocycles. The highest BCUT2D eigenvalue weighted by Gasteiger charge is 2.11. The molecule has 0 saturated heterocycles. The van der Waals surface area contributed by atoms with Gasteiger partial charge < -0.3 is 11.1 Å². The van der Waals surface area contributed by atoms with Gasteiger partial charge in [-0.2, -0.15) is 0 Å². The SMILES string of the molecule is Cc1ccc(C(C)Nc2cc(C(N)=O)ccc2F)cc1C. The average Bonchev–Trinajstić information content (AvgIpc) is 2.43. The summed E-state index contributed by atoms with van der Waals surface area (Å²) < 4.78 is 13.8. The Hall–Kier alpha value is -2.36. The number of nitrogens with two attached hydrogens (primary N) is 1. The first-order valence-electron chi connectivity index (χ1n) is 6.81. The summed E-state index contributed by atoms with van der Waals surface area (Å²) in [5.74, 6) is -0.979. The van der Waals surface area contributed by atoms with Crippen LogP contribution in [0.25, 0.3) is 0 Å². The minimum atomic E-state index is -0.572. The van der Waals surface area contributed by atoms with E-state index >= 15 is 0 Å². The fourth-order valence-corrected chi connectivity index (χ4v) is 2.14. The van der Waals surface area contributed by atoms with Gasteiger partial charge in [-0.3, -0.25) is 4.79 Å². The van der Waals surface area contributed by atoms with Crippen LogP contribution in [-0.2, 0) is 0 Å². The molecule has 1 amide bonds. The number of halogens is 1. The minimum absolute atomic E-state index is 0.0815. The molecule has 0 aliphatic rings. The first kappa shape index (κ1) is 15.0. The Morgan fingerprint density at radius 3 is 2.48 bits per heavy atom. The molecule has 1 unspecified atom stereocenters. The zero-order chi connectivity index (χ0) is 15.6. The van der Waals surface area contributed by atoms with Crippen LogP contribution >= 0.6 is 0 Å². The van der Waals surface area contributed by atoms with Crippen LogP contribution in [0.15, 0.2) is 36.4 Å². The first-order valence-corrected chi connectivity index (χ1v) is 6.81. The second kappa shape index (κ2) is 5.95. The number of amides is 1. The zero-order valence-corrected chi connectivity index (χ0v) is 12.4. The van der Waals surface area contributed by atoms with Crippen molar-refractivity contribution in [2.75, 3.05) is 5.32 Å². The molecular weight excluding hydrogens is 267 g/mol. The van der Waals surface area contributed by atoms with E-state index < -0.39 is 11.7 Å². The van der Waals surface area contributed by atoms with Crippen LogP contribution < -0.4 is 11.1 Å². The number of benzene rings is 2. The maximum Gasteiger partial charge on any atom is 0.248 e. The molecule has 0 saturated carbocycles. The number of rotatable bonds is 4. The molecule has 2 aromatic rings. The molecule has 0 fully saturated rings. The molecule has 0 heterocycles. The third kappa shape index (κ3) is 3.40. The molecule has 0 radical (unpaired) electrons. The number of nitrogens with one attached hydrogen (secondary N) is 1. The van der Waals surface area contributed by atoms with Gasteiger partial charge in [0.2, 0.25) is 5.91 Å². The van der Waals surface area contributed by atoms with Crippen molar-refractivity contribution < 1.29 is 9.18 Å².